The average molecular weight is 385 g/mol. The van der Waals surface area contributed by atoms with E-state index in [1.165, 1.54) is 0 Å². The predicted octanol–water partition coefficient (Wildman–Crippen LogP) is 4.89. The van der Waals surface area contributed by atoms with Crippen LogP contribution in [0.15, 0.2) is 60.7 Å². The lowest BCUT2D eigenvalue weighted by Crippen LogP contribution is -2.23. The molecule has 0 saturated carbocycles. The van der Waals surface area contributed by atoms with Crippen LogP contribution in [0.1, 0.15) is 11.1 Å². The van der Waals surface area contributed by atoms with Crippen LogP contribution in [-0.4, -0.2) is 19.3 Å². The molecule has 0 fully saturated rings. The number of halogens is 2. The lowest BCUT2D eigenvalue weighted by molar-refractivity contribution is 0.414. The highest BCUT2D eigenvalue weighted by Gasteiger charge is 2.17. The van der Waals surface area contributed by atoms with Crippen molar-refractivity contribution in [3.63, 3.8) is 0 Å². The van der Waals surface area contributed by atoms with Crippen LogP contribution in [0.2, 0.25) is 0 Å². The maximum absolute atomic E-state index is 14.5. The van der Waals surface area contributed by atoms with Crippen LogP contribution in [0.5, 0.6) is 17.2 Å². The van der Waals surface area contributed by atoms with Gasteiger partial charge in [0.2, 0.25) is 0 Å². The van der Waals surface area contributed by atoms with Gasteiger partial charge in [0.1, 0.15) is 17.3 Å². The van der Waals surface area contributed by atoms with E-state index < -0.39 is 17.4 Å². The Hall–Kier alpha value is -3.28. The Balaban J connectivity index is 1.93. The van der Waals surface area contributed by atoms with Gasteiger partial charge in [-0.1, -0.05) is 24.3 Å². The molecule has 3 aromatic carbocycles. The smallest absolute Gasteiger partial charge is 0.167 e. The third-order valence-corrected chi connectivity index (χ3v) is 4.42. The van der Waals surface area contributed by atoms with Crippen molar-refractivity contribution in [2.45, 2.75) is 13.1 Å². The second-order valence-corrected chi connectivity index (χ2v) is 6.31. The summed E-state index contributed by atoms with van der Waals surface area (Å²) in [4.78, 5) is 1.71. The van der Waals surface area contributed by atoms with Gasteiger partial charge in [-0.15, -0.1) is 0 Å². The second-order valence-electron chi connectivity index (χ2n) is 6.31. The normalized spacial score (nSPS) is 10.6. The van der Waals surface area contributed by atoms with Crippen LogP contribution in [0, 0.1) is 11.6 Å². The summed E-state index contributed by atoms with van der Waals surface area (Å²) in [5, 5.41) is 9.44. The standard InChI is InChI=1S/C22H21F2NO3/c1-27-17-7-3-15(4-8-17)13-25(14-16-5-9-18(28-2)10-6-16)21-11-20(24)22(26)12-19(21)23/h3-12,26H,13-14H2,1-2H3. The van der Waals surface area contributed by atoms with Crippen LogP contribution in [0.25, 0.3) is 0 Å². The molecular formula is C22H21F2NO3. The van der Waals surface area contributed by atoms with Gasteiger partial charge in [0.05, 0.1) is 19.9 Å². The largest absolute Gasteiger partial charge is 0.505 e. The monoisotopic (exact) mass is 385 g/mol. The minimum absolute atomic E-state index is 0.0712. The Morgan fingerprint density at radius 2 is 1.21 bits per heavy atom. The summed E-state index contributed by atoms with van der Waals surface area (Å²) in [5.41, 5.74) is 1.88. The molecular weight excluding hydrogens is 364 g/mol. The van der Waals surface area contributed by atoms with E-state index in [0.29, 0.717) is 24.6 Å². The van der Waals surface area contributed by atoms with E-state index in [2.05, 4.69) is 0 Å². The van der Waals surface area contributed by atoms with Crippen molar-refractivity contribution in [2.75, 3.05) is 19.1 Å². The molecule has 3 aromatic rings. The van der Waals surface area contributed by atoms with Gasteiger partial charge in [-0.2, -0.15) is 0 Å². The Morgan fingerprint density at radius 1 is 0.750 bits per heavy atom. The number of hydrogen-bond acceptors (Lipinski definition) is 4. The van der Waals surface area contributed by atoms with Gasteiger partial charge >= 0.3 is 0 Å². The number of hydrogen-bond donors (Lipinski definition) is 1. The van der Waals surface area contributed by atoms with E-state index in [0.717, 1.165) is 23.3 Å². The van der Waals surface area contributed by atoms with Gasteiger partial charge in [0, 0.05) is 25.2 Å². The zero-order valence-electron chi connectivity index (χ0n) is 15.7. The van der Waals surface area contributed by atoms with Gasteiger partial charge in [-0.3, -0.25) is 0 Å². The van der Waals surface area contributed by atoms with Crippen LogP contribution < -0.4 is 14.4 Å². The van der Waals surface area contributed by atoms with E-state index >= 15 is 0 Å². The lowest BCUT2D eigenvalue weighted by atomic mass is 10.1. The Kier molecular flexibility index (Phi) is 5.99. The number of methoxy groups -OCH3 is 2. The molecule has 0 spiro atoms. The van der Waals surface area contributed by atoms with Crippen molar-refractivity contribution in [3.8, 4) is 17.2 Å². The first kappa shape index (κ1) is 19.5. The molecule has 0 radical (unpaired) electrons. The summed E-state index contributed by atoms with van der Waals surface area (Å²) in [5.74, 6) is -0.846. The van der Waals surface area contributed by atoms with Crippen molar-refractivity contribution in [3.05, 3.63) is 83.4 Å². The highest BCUT2D eigenvalue weighted by molar-refractivity contribution is 5.52. The Morgan fingerprint density at radius 3 is 1.64 bits per heavy atom. The van der Waals surface area contributed by atoms with Gasteiger partial charge in [-0.05, 0) is 35.4 Å². The molecule has 1 N–H and O–H groups in total. The molecule has 0 atom stereocenters. The Bertz CT molecular complexity index is 878. The maximum atomic E-state index is 14.5. The minimum atomic E-state index is -0.870. The van der Waals surface area contributed by atoms with Gasteiger partial charge in [-0.25, -0.2) is 8.78 Å². The summed E-state index contributed by atoms with van der Waals surface area (Å²) < 4.78 is 38.8. The average Bonchev–Trinajstić information content (AvgIpc) is 2.71. The first-order chi connectivity index (χ1) is 13.5. The summed E-state index contributed by atoms with van der Waals surface area (Å²) in [7, 11) is 3.17. The van der Waals surface area contributed by atoms with Crippen molar-refractivity contribution in [1.82, 2.24) is 0 Å². The van der Waals surface area contributed by atoms with E-state index in [4.69, 9.17) is 9.47 Å². The molecule has 0 saturated heterocycles. The Labute approximate surface area is 162 Å². The number of benzene rings is 3. The summed E-state index contributed by atoms with van der Waals surface area (Å²) in [6.07, 6.45) is 0. The highest BCUT2D eigenvalue weighted by atomic mass is 19.1. The topological polar surface area (TPSA) is 41.9 Å². The highest BCUT2D eigenvalue weighted by Crippen LogP contribution is 2.29. The molecule has 0 aliphatic heterocycles. The number of rotatable bonds is 7. The molecule has 0 aromatic heterocycles. The second kappa shape index (κ2) is 8.61. The third-order valence-electron chi connectivity index (χ3n) is 4.42. The molecule has 4 nitrogen and oxygen atoms in total. The number of ether oxygens (including phenoxy) is 2. The van der Waals surface area contributed by atoms with E-state index in [9.17, 15) is 13.9 Å². The number of phenols is 1. The van der Waals surface area contributed by atoms with Crippen LogP contribution >= 0.6 is 0 Å². The third kappa shape index (κ3) is 4.52. The molecule has 0 aliphatic carbocycles. The molecule has 28 heavy (non-hydrogen) atoms. The van der Waals surface area contributed by atoms with Crippen molar-refractivity contribution >= 4 is 5.69 Å². The lowest BCUT2D eigenvalue weighted by Gasteiger charge is -2.26. The van der Waals surface area contributed by atoms with Crippen LogP contribution in [0.4, 0.5) is 14.5 Å². The zero-order valence-corrected chi connectivity index (χ0v) is 15.7. The van der Waals surface area contributed by atoms with Crippen molar-refractivity contribution in [1.29, 1.82) is 0 Å². The van der Waals surface area contributed by atoms with E-state index in [-0.39, 0.29) is 5.69 Å². The SMILES string of the molecule is COc1ccc(CN(Cc2ccc(OC)cc2)c2cc(F)c(O)cc2F)cc1. The molecule has 146 valence electrons. The van der Waals surface area contributed by atoms with E-state index in [1.807, 2.05) is 48.5 Å². The summed E-state index contributed by atoms with van der Waals surface area (Å²) in [6.45, 7) is 0.689. The molecule has 0 bridgehead atoms. The number of phenolic OH excluding ortho intramolecular Hbond substituents is 1. The molecule has 6 heteroatoms. The summed E-state index contributed by atoms with van der Waals surface area (Å²) in [6, 6.07) is 16.5. The predicted molar refractivity (Wildman–Crippen MR) is 104 cm³/mol. The fourth-order valence-electron chi connectivity index (χ4n) is 2.90. The van der Waals surface area contributed by atoms with Crippen molar-refractivity contribution < 1.29 is 23.4 Å². The quantitative estimate of drug-likeness (QED) is 0.629. The fourth-order valence-corrected chi connectivity index (χ4v) is 2.90. The number of aromatic hydroxyl groups is 1. The fraction of sp³-hybridized carbons (Fsp3) is 0.182. The maximum Gasteiger partial charge on any atom is 0.167 e. The molecule has 0 aliphatic rings. The van der Waals surface area contributed by atoms with Crippen LogP contribution in [0.3, 0.4) is 0 Å². The van der Waals surface area contributed by atoms with Gasteiger partial charge < -0.3 is 19.5 Å². The first-order valence-corrected chi connectivity index (χ1v) is 8.69. The molecule has 0 heterocycles. The molecule has 3 rings (SSSR count). The van der Waals surface area contributed by atoms with Gasteiger partial charge in [0.15, 0.2) is 11.6 Å². The van der Waals surface area contributed by atoms with Crippen LogP contribution in [-0.2, 0) is 13.1 Å². The number of anilines is 1. The molecule has 0 unspecified atom stereocenters. The van der Waals surface area contributed by atoms with Crippen molar-refractivity contribution in [2.24, 2.45) is 0 Å². The number of nitrogens with zero attached hydrogens (tertiary/aromatic N) is 1. The minimum Gasteiger partial charge on any atom is -0.505 e. The summed E-state index contributed by atoms with van der Waals surface area (Å²) >= 11 is 0. The zero-order chi connectivity index (χ0) is 20.1. The molecule has 0 amide bonds. The first-order valence-electron chi connectivity index (χ1n) is 8.69. The van der Waals surface area contributed by atoms with Gasteiger partial charge in [0.25, 0.3) is 0 Å². The van der Waals surface area contributed by atoms with E-state index in [1.54, 1.807) is 19.1 Å².